The van der Waals surface area contributed by atoms with Crippen LogP contribution in [0.15, 0.2) is 40.2 Å². The summed E-state index contributed by atoms with van der Waals surface area (Å²) in [6, 6.07) is 10.5. The highest BCUT2D eigenvalue weighted by Gasteiger charge is 2.01. The summed E-state index contributed by atoms with van der Waals surface area (Å²) >= 11 is 1.86. The van der Waals surface area contributed by atoms with Crippen LogP contribution in [0.25, 0.3) is 0 Å². The van der Waals surface area contributed by atoms with E-state index in [1.165, 1.54) is 4.90 Å². The van der Waals surface area contributed by atoms with E-state index in [4.69, 9.17) is 0 Å². The van der Waals surface area contributed by atoms with Gasteiger partial charge in [0.2, 0.25) is 0 Å². The molecule has 5 heteroatoms. The molecule has 0 aromatic heterocycles. The lowest BCUT2D eigenvalue weighted by Crippen LogP contribution is -2.41. The molecule has 0 atom stereocenters. The van der Waals surface area contributed by atoms with E-state index in [-0.39, 0.29) is 24.0 Å². The van der Waals surface area contributed by atoms with Crippen molar-refractivity contribution in [3.8, 4) is 0 Å². The maximum absolute atomic E-state index is 4.36. The van der Waals surface area contributed by atoms with Gasteiger partial charge >= 0.3 is 0 Å². The lowest BCUT2D eigenvalue weighted by molar-refractivity contribution is 0.709. The third-order valence-corrected chi connectivity index (χ3v) is 3.32. The fraction of sp³-hybridized carbons (Fsp3) is 0.417. The predicted molar refractivity (Wildman–Crippen MR) is 85.5 cm³/mol. The van der Waals surface area contributed by atoms with Crippen LogP contribution < -0.4 is 10.6 Å². The molecule has 1 aromatic rings. The van der Waals surface area contributed by atoms with Crippen molar-refractivity contribution < 1.29 is 0 Å². The van der Waals surface area contributed by atoms with Crippen molar-refractivity contribution >= 4 is 41.7 Å². The van der Waals surface area contributed by atoms with Gasteiger partial charge in [-0.15, -0.1) is 35.7 Å². The summed E-state index contributed by atoms with van der Waals surface area (Å²) in [6.07, 6.45) is 1.14. The number of aliphatic imine (C=N–C) groups is 1. The summed E-state index contributed by atoms with van der Waals surface area (Å²) in [5.41, 5.74) is 0. The van der Waals surface area contributed by atoms with Gasteiger partial charge in [-0.1, -0.05) is 18.2 Å². The Bertz CT molecular complexity index is 343. The Balaban J connectivity index is 0.00000144. The SMILES string of the molecule is I.c1ccc(SCCNC2=NCCCN2)cc1. The highest BCUT2D eigenvalue weighted by Crippen LogP contribution is 2.15. The average molecular weight is 363 g/mol. The molecule has 0 radical (unpaired) electrons. The molecule has 0 bridgehead atoms. The number of nitrogens with one attached hydrogen (secondary N) is 2. The molecule has 1 heterocycles. The molecule has 1 aliphatic rings. The van der Waals surface area contributed by atoms with Crippen LogP contribution in [0.1, 0.15) is 6.42 Å². The van der Waals surface area contributed by atoms with Crippen LogP contribution in [-0.4, -0.2) is 31.3 Å². The lowest BCUT2D eigenvalue weighted by Gasteiger charge is -2.15. The Morgan fingerprint density at radius 1 is 1.29 bits per heavy atom. The van der Waals surface area contributed by atoms with Gasteiger partial charge in [-0.25, -0.2) is 0 Å². The maximum atomic E-state index is 4.36. The van der Waals surface area contributed by atoms with Crippen molar-refractivity contribution in [3.05, 3.63) is 30.3 Å². The van der Waals surface area contributed by atoms with Gasteiger partial charge in [0.25, 0.3) is 0 Å². The minimum atomic E-state index is 0. The molecule has 2 rings (SSSR count). The summed E-state index contributed by atoms with van der Waals surface area (Å²) < 4.78 is 0. The molecular formula is C12H18IN3S. The largest absolute Gasteiger partial charge is 0.356 e. The van der Waals surface area contributed by atoms with Crippen LogP contribution in [-0.2, 0) is 0 Å². The highest BCUT2D eigenvalue weighted by molar-refractivity contribution is 14.0. The first-order chi connectivity index (χ1) is 7.95. The number of hydrogen-bond acceptors (Lipinski definition) is 4. The normalized spacial score (nSPS) is 14.2. The van der Waals surface area contributed by atoms with Gasteiger partial charge < -0.3 is 10.6 Å². The van der Waals surface area contributed by atoms with Gasteiger partial charge in [-0.05, 0) is 18.6 Å². The zero-order valence-corrected chi connectivity index (χ0v) is 12.8. The van der Waals surface area contributed by atoms with Crippen LogP contribution >= 0.6 is 35.7 Å². The molecule has 1 aromatic carbocycles. The van der Waals surface area contributed by atoms with E-state index in [0.717, 1.165) is 37.8 Å². The molecule has 0 saturated carbocycles. The molecule has 0 amide bonds. The highest BCUT2D eigenvalue weighted by atomic mass is 127. The van der Waals surface area contributed by atoms with Gasteiger partial charge in [0, 0.05) is 30.3 Å². The summed E-state index contributed by atoms with van der Waals surface area (Å²) in [7, 11) is 0. The Kier molecular flexibility index (Phi) is 7.43. The number of benzene rings is 1. The number of thioether (sulfide) groups is 1. The summed E-state index contributed by atoms with van der Waals surface area (Å²) in [5.74, 6) is 2.02. The first-order valence-corrected chi connectivity index (χ1v) is 6.64. The molecule has 0 fully saturated rings. The van der Waals surface area contributed by atoms with Crippen LogP contribution in [0.2, 0.25) is 0 Å². The fourth-order valence-electron chi connectivity index (χ4n) is 1.51. The molecule has 2 N–H and O–H groups in total. The van der Waals surface area contributed by atoms with E-state index in [1.807, 2.05) is 17.8 Å². The zero-order chi connectivity index (χ0) is 11.1. The average Bonchev–Trinajstić information content (AvgIpc) is 2.37. The van der Waals surface area contributed by atoms with Gasteiger partial charge in [-0.3, -0.25) is 4.99 Å². The van der Waals surface area contributed by atoms with E-state index in [9.17, 15) is 0 Å². The van der Waals surface area contributed by atoms with Crippen LogP contribution in [0.4, 0.5) is 0 Å². The van der Waals surface area contributed by atoms with Crippen molar-refractivity contribution in [2.24, 2.45) is 4.99 Å². The molecule has 17 heavy (non-hydrogen) atoms. The third-order valence-electron chi connectivity index (χ3n) is 2.30. The Morgan fingerprint density at radius 3 is 2.82 bits per heavy atom. The monoisotopic (exact) mass is 363 g/mol. The van der Waals surface area contributed by atoms with E-state index in [0.29, 0.717) is 0 Å². The number of nitrogens with zero attached hydrogens (tertiary/aromatic N) is 1. The Hall–Kier alpha value is -0.430. The van der Waals surface area contributed by atoms with Crippen molar-refractivity contribution in [1.82, 2.24) is 10.6 Å². The molecule has 3 nitrogen and oxygen atoms in total. The quantitative estimate of drug-likeness (QED) is 0.490. The predicted octanol–water partition coefficient (Wildman–Crippen LogP) is 2.34. The van der Waals surface area contributed by atoms with Gasteiger partial charge in [0.1, 0.15) is 0 Å². The Morgan fingerprint density at radius 2 is 2.12 bits per heavy atom. The first kappa shape index (κ1) is 14.6. The van der Waals surface area contributed by atoms with Gasteiger partial charge in [0.15, 0.2) is 5.96 Å². The van der Waals surface area contributed by atoms with E-state index < -0.39 is 0 Å². The molecule has 0 saturated heterocycles. The molecule has 94 valence electrons. The first-order valence-electron chi connectivity index (χ1n) is 5.65. The van der Waals surface area contributed by atoms with Crippen LogP contribution in [0, 0.1) is 0 Å². The molecule has 0 aliphatic carbocycles. The smallest absolute Gasteiger partial charge is 0.191 e. The second-order valence-corrected chi connectivity index (χ2v) is 4.77. The maximum Gasteiger partial charge on any atom is 0.191 e. The minimum Gasteiger partial charge on any atom is -0.356 e. The van der Waals surface area contributed by atoms with Crippen molar-refractivity contribution in [3.63, 3.8) is 0 Å². The molecule has 0 unspecified atom stereocenters. The second-order valence-electron chi connectivity index (χ2n) is 3.60. The van der Waals surface area contributed by atoms with Crippen LogP contribution in [0.3, 0.4) is 0 Å². The van der Waals surface area contributed by atoms with Crippen molar-refractivity contribution in [1.29, 1.82) is 0 Å². The second kappa shape index (κ2) is 8.63. The number of rotatable bonds is 4. The summed E-state index contributed by atoms with van der Waals surface area (Å²) in [5, 5.41) is 6.56. The number of halogens is 1. The van der Waals surface area contributed by atoms with Gasteiger partial charge in [0.05, 0.1) is 0 Å². The lowest BCUT2D eigenvalue weighted by atomic mass is 10.4. The van der Waals surface area contributed by atoms with E-state index in [2.05, 4.69) is 39.9 Å². The number of guanidine groups is 1. The summed E-state index contributed by atoms with van der Waals surface area (Å²) in [6.45, 7) is 2.93. The van der Waals surface area contributed by atoms with E-state index in [1.54, 1.807) is 0 Å². The minimum absolute atomic E-state index is 0. The molecule has 1 aliphatic heterocycles. The van der Waals surface area contributed by atoms with Gasteiger partial charge in [-0.2, -0.15) is 0 Å². The third kappa shape index (κ3) is 5.63. The standard InChI is InChI=1S/C12H17N3S.HI/c1-2-5-11(6-3-1)16-10-9-15-12-13-7-4-8-14-12;/h1-3,5-6H,4,7-10H2,(H2,13,14,15);1H. The van der Waals surface area contributed by atoms with E-state index >= 15 is 0 Å². The summed E-state index contributed by atoms with van der Waals surface area (Å²) in [4.78, 5) is 5.68. The van der Waals surface area contributed by atoms with Crippen molar-refractivity contribution in [2.45, 2.75) is 11.3 Å². The van der Waals surface area contributed by atoms with Crippen molar-refractivity contribution in [2.75, 3.05) is 25.4 Å². The van der Waals surface area contributed by atoms with Crippen LogP contribution in [0.5, 0.6) is 0 Å². The topological polar surface area (TPSA) is 36.4 Å². The molecule has 0 spiro atoms. The fourth-order valence-corrected chi connectivity index (χ4v) is 2.30. The zero-order valence-electron chi connectivity index (χ0n) is 9.69. The Labute approximate surface area is 124 Å². The number of hydrogen-bond donors (Lipinski definition) is 2. The molecular weight excluding hydrogens is 345 g/mol.